The number of methoxy groups -OCH3 is 1. The molecule has 0 saturated carbocycles. The molecule has 0 saturated heterocycles. The summed E-state index contributed by atoms with van der Waals surface area (Å²) in [6.45, 7) is 2.25. The molecule has 0 aliphatic heterocycles. The van der Waals surface area contributed by atoms with Gasteiger partial charge in [-0.15, -0.1) is 0 Å². The maximum Gasteiger partial charge on any atom is 0.255 e. The van der Waals surface area contributed by atoms with Crippen LogP contribution < -0.4 is 5.32 Å². The van der Waals surface area contributed by atoms with Crippen molar-refractivity contribution in [2.24, 2.45) is 0 Å². The smallest absolute Gasteiger partial charge is 0.255 e. The molecule has 0 unspecified atom stereocenters. The van der Waals surface area contributed by atoms with Crippen LogP contribution in [0.2, 0.25) is 10.0 Å². The summed E-state index contributed by atoms with van der Waals surface area (Å²) in [4.78, 5) is 27.8. The van der Waals surface area contributed by atoms with E-state index in [-0.39, 0.29) is 36.2 Å². The molecule has 0 atom stereocenters. The van der Waals surface area contributed by atoms with E-state index in [1.165, 1.54) is 18.1 Å². The predicted octanol–water partition coefficient (Wildman–Crippen LogP) is 5.88. The van der Waals surface area contributed by atoms with Crippen LogP contribution in [-0.4, -0.2) is 53.3 Å². The van der Waals surface area contributed by atoms with Crippen molar-refractivity contribution in [1.82, 2.24) is 14.7 Å². The van der Waals surface area contributed by atoms with Crippen LogP contribution in [0.15, 0.2) is 78.9 Å². The van der Waals surface area contributed by atoms with E-state index >= 15 is 0 Å². The zero-order valence-corrected chi connectivity index (χ0v) is 22.0. The van der Waals surface area contributed by atoms with Crippen molar-refractivity contribution in [3.8, 4) is 16.9 Å². The number of nitrogens with zero attached hydrogens (tertiary/aromatic N) is 3. The molecule has 0 fully saturated rings. The maximum atomic E-state index is 13.2. The molecular formula is C28H26Cl2N4O3. The lowest BCUT2D eigenvalue weighted by Gasteiger charge is -2.22. The first kappa shape index (κ1) is 26.4. The largest absolute Gasteiger partial charge is 0.383 e. The maximum absolute atomic E-state index is 13.2. The molecule has 3 aromatic carbocycles. The van der Waals surface area contributed by atoms with Crippen molar-refractivity contribution in [3.05, 3.63) is 100 Å². The molecule has 190 valence electrons. The number of carbonyl (C=O) groups is 2. The third kappa shape index (κ3) is 6.57. The molecule has 9 heteroatoms. The first-order valence-electron chi connectivity index (χ1n) is 11.6. The van der Waals surface area contributed by atoms with Crippen LogP contribution >= 0.6 is 23.2 Å². The van der Waals surface area contributed by atoms with E-state index in [0.717, 1.165) is 16.8 Å². The van der Waals surface area contributed by atoms with Gasteiger partial charge in [0.2, 0.25) is 5.91 Å². The molecule has 1 aromatic heterocycles. The Balaban J connectivity index is 1.60. The van der Waals surface area contributed by atoms with Crippen LogP contribution in [0.4, 0.5) is 5.82 Å². The second-order valence-corrected chi connectivity index (χ2v) is 9.26. The van der Waals surface area contributed by atoms with Gasteiger partial charge in [0.1, 0.15) is 12.4 Å². The van der Waals surface area contributed by atoms with Gasteiger partial charge in [-0.25, -0.2) is 4.68 Å². The van der Waals surface area contributed by atoms with E-state index in [1.54, 1.807) is 16.8 Å². The van der Waals surface area contributed by atoms with Crippen LogP contribution in [0.5, 0.6) is 0 Å². The zero-order valence-electron chi connectivity index (χ0n) is 20.4. The van der Waals surface area contributed by atoms with Crippen LogP contribution in [-0.2, 0) is 9.53 Å². The molecule has 1 heterocycles. The first-order chi connectivity index (χ1) is 17.9. The van der Waals surface area contributed by atoms with Crippen LogP contribution in [0.3, 0.4) is 0 Å². The number of hydrogen-bond donors (Lipinski definition) is 1. The van der Waals surface area contributed by atoms with Crippen LogP contribution in [0.25, 0.3) is 16.9 Å². The molecule has 2 amide bonds. The summed E-state index contributed by atoms with van der Waals surface area (Å²) >= 11 is 12.2. The number of ether oxygens (including phenoxy) is 1. The Hall–Kier alpha value is -3.65. The minimum Gasteiger partial charge on any atom is -0.383 e. The van der Waals surface area contributed by atoms with Crippen molar-refractivity contribution in [3.63, 3.8) is 0 Å². The standard InChI is InChI=1S/C28H26Cl2N4O3/c1-19-8-11-22(12-9-19)34-26(17-25(32-34)20-6-4-3-5-7-20)31-27(35)18-33(14-15-37-2)28(36)23-13-10-21(29)16-24(23)30/h3-13,16-17H,14-15,18H2,1-2H3,(H,31,35). The average molecular weight is 537 g/mol. The van der Waals surface area contributed by atoms with Crippen molar-refractivity contribution in [1.29, 1.82) is 0 Å². The van der Waals surface area contributed by atoms with Gasteiger partial charge in [-0.1, -0.05) is 71.2 Å². The van der Waals surface area contributed by atoms with Gasteiger partial charge in [-0.2, -0.15) is 5.10 Å². The minimum absolute atomic E-state index is 0.203. The highest BCUT2D eigenvalue weighted by Crippen LogP contribution is 2.26. The number of rotatable bonds is 9. The summed E-state index contributed by atoms with van der Waals surface area (Å²) in [5.41, 5.74) is 3.78. The molecule has 37 heavy (non-hydrogen) atoms. The van der Waals surface area contributed by atoms with E-state index in [0.29, 0.717) is 16.5 Å². The molecule has 4 aromatic rings. The minimum atomic E-state index is -0.397. The van der Waals surface area contributed by atoms with Gasteiger partial charge in [0.15, 0.2) is 0 Å². The number of hydrogen-bond acceptors (Lipinski definition) is 4. The van der Waals surface area contributed by atoms with Gasteiger partial charge in [0.05, 0.1) is 28.6 Å². The van der Waals surface area contributed by atoms with E-state index in [1.807, 2.05) is 67.6 Å². The molecular weight excluding hydrogens is 511 g/mol. The molecule has 0 spiro atoms. The Labute approximate surface area is 225 Å². The molecule has 0 radical (unpaired) electrons. The highest BCUT2D eigenvalue weighted by molar-refractivity contribution is 6.36. The van der Waals surface area contributed by atoms with Gasteiger partial charge >= 0.3 is 0 Å². The number of carbonyl (C=O) groups excluding carboxylic acids is 2. The number of aryl methyl sites for hydroxylation is 1. The summed E-state index contributed by atoms with van der Waals surface area (Å²) in [5.74, 6) is -0.301. The van der Waals surface area contributed by atoms with E-state index < -0.39 is 5.91 Å². The topological polar surface area (TPSA) is 76.5 Å². The number of amides is 2. The van der Waals surface area contributed by atoms with E-state index in [4.69, 9.17) is 33.0 Å². The molecule has 0 bridgehead atoms. The van der Waals surface area contributed by atoms with Crippen LogP contribution in [0, 0.1) is 6.92 Å². The van der Waals surface area contributed by atoms with Crippen molar-refractivity contribution in [2.75, 3.05) is 32.1 Å². The zero-order chi connectivity index (χ0) is 26.4. The molecule has 1 N–H and O–H groups in total. The normalized spacial score (nSPS) is 10.8. The second kappa shape index (κ2) is 12.1. The van der Waals surface area contributed by atoms with E-state index in [2.05, 4.69) is 5.32 Å². The Morgan fingerprint density at radius 2 is 1.73 bits per heavy atom. The Morgan fingerprint density at radius 1 is 1.00 bits per heavy atom. The molecule has 4 rings (SSSR count). The van der Waals surface area contributed by atoms with Gasteiger partial charge in [0, 0.05) is 30.3 Å². The van der Waals surface area contributed by atoms with Crippen LogP contribution in [0.1, 0.15) is 15.9 Å². The highest BCUT2D eigenvalue weighted by atomic mass is 35.5. The quantitative estimate of drug-likeness (QED) is 0.289. The summed E-state index contributed by atoms with van der Waals surface area (Å²) in [6, 6.07) is 24.0. The first-order valence-corrected chi connectivity index (χ1v) is 12.4. The third-order valence-corrected chi connectivity index (χ3v) is 6.22. The predicted molar refractivity (Wildman–Crippen MR) is 147 cm³/mol. The highest BCUT2D eigenvalue weighted by Gasteiger charge is 2.22. The Bertz CT molecular complexity index is 1390. The van der Waals surface area contributed by atoms with Gasteiger partial charge in [-0.05, 0) is 37.3 Å². The lowest BCUT2D eigenvalue weighted by atomic mass is 10.1. The number of benzene rings is 3. The third-order valence-electron chi connectivity index (χ3n) is 5.67. The number of nitrogens with one attached hydrogen (secondary N) is 1. The number of aromatic nitrogens is 2. The van der Waals surface area contributed by atoms with Crippen molar-refractivity contribution in [2.45, 2.75) is 6.92 Å². The Morgan fingerprint density at radius 3 is 2.41 bits per heavy atom. The fourth-order valence-corrected chi connectivity index (χ4v) is 4.24. The molecule has 0 aliphatic rings. The fourth-order valence-electron chi connectivity index (χ4n) is 3.75. The average Bonchev–Trinajstić information content (AvgIpc) is 3.30. The summed E-state index contributed by atoms with van der Waals surface area (Å²) in [7, 11) is 1.53. The second-order valence-electron chi connectivity index (χ2n) is 8.42. The van der Waals surface area contributed by atoms with Gasteiger partial charge in [0.25, 0.3) is 5.91 Å². The molecule has 0 aliphatic carbocycles. The fraction of sp³-hybridized carbons (Fsp3) is 0.179. The summed E-state index contributed by atoms with van der Waals surface area (Å²) in [5, 5.41) is 8.29. The van der Waals surface area contributed by atoms with Gasteiger partial charge in [-0.3, -0.25) is 9.59 Å². The number of anilines is 1. The lowest BCUT2D eigenvalue weighted by molar-refractivity contribution is -0.117. The summed E-state index contributed by atoms with van der Waals surface area (Å²) < 4.78 is 6.83. The van der Waals surface area contributed by atoms with Crippen molar-refractivity contribution >= 4 is 40.8 Å². The van der Waals surface area contributed by atoms with Crippen molar-refractivity contribution < 1.29 is 14.3 Å². The summed E-state index contributed by atoms with van der Waals surface area (Å²) in [6.07, 6.45) is 0. The number of halogens is 2. The lowest BCUT2D eigenvalue weighted by Crippen LogP contribution is -2.40. The Kier molecular flexibility index (Phi) is 8.61. The van der Waals surface area contributed by atoms with Gasteiger partial charge < -0.3 is 15.0 Å². The SMILES string of the molecule is COCCN(CC(=O)Nc1cc(-c2ccccc2)nn1-c1ccc(C)cc1)C(=O)c1ccc(Cl)cc1Cl. The monoisotopic (exact) mass is 536 g/mol. The molecule has 7 nitrogen and oxygen atoms in total. The van der Waals surface area contributed by atoms with E-state index in [9.17, 15) is 9.59 Å².